The molecule has 0 saturated heterocycles. The Bertz CT molecular complexity index is 1770. The van der Waals surface area contributed by atoms with Gasteiger partial charge in [0.15, 0.2) is 22.5 Å². The maximum absolute atomic E-state index is 13.6. The molecular weight excluding hydrogens is 643 g/mol. The fourth-order valence-electron chi connectivity index (χ4n) is 5.28. The van der Waals surface area contributed by atoms with Crippen LogP contribution in [0, 0.1) is 0 Å². The van der Waals surface area contributed by atoms with E-state index in [2.05, 4.69) is 20.8 Å². The van der Waals surface area contributed by atoms with Gasteiger partial charge >= 0.3 is 5.97 Å². The highest BCUT2D eigenvalue weighted by Gasteiger charge is 2.29. The summed E-state index contributed by atoms with van der Waals surface area (Å²) in [5.74, 6) is 0.862. The second kappa shape index (κ2) is 15.4. The number of para-hydroxylation sites is 2. The number of nitrogens with zero attached hydrogens (tertiary/aromatic N) is 3. The normalized spacial score (nSPS) is 12.9. The van der Waals surface area contributed by atoms with Crippen LogP contribution in [0.15, 0.2) is 47.6 Å². The van der Waals surface area contributed by atoms with Crippen molar-refractivity contribution < 1.29 is 33.3 Å². The Labute approximate surface area is 281 Å². The molecule has 5 rings (SSSR count). The van der Waals surface area contributed by atoms with Gasteiger partial charge in [0.1, 0.15) is 10.8 Å². The van der Waals surface area contributed by atoms with Crippen LogP contribution in [0.3, 0.4) is 0 Å². The van der Waals surface area contributed by atoms with Gasteiger partial charge in [-0.2, -0.15) is 0 Å². The molecular formula is C33H37N5O7S2. The number of carbonyl (C=O) groups excluding carboxylic acids is 3. The lowest BCUT2D eigenvalue weighted by molar-refractivity contribution is -0.115. The third-order valence-electron chi connectivity index (χ3n) is 7.62. The molecule has 47 heavy (non-hydrogen) atoms. The Balaban J connectivity index is 1.39. The van der Waals surface area contributed by atoms with E-state index in [0.717, 1.165) is 36.1 Å². The van der Waals surface area contributed by atoms with E-state index in [0.29, 0.717) is 50.0 Å². The molecule has 248 valence electrons. The lowest BCUT2D eigenvalue weighted by Gasteiger charge is -2.16. The molecule has 0 radical (unpaired) electrons. The minimum atomic E-state index is -0.629. The SMILES string of the molecule is CCOC(=O)c1c(NC(=O)C(C)Sc2nnc(CNC(=O)c3ccc(OC)c(OC)c3)n2-c2ccccc2OC)sc2c1CCCC2. The molecule has 2 amide bonds. The number of ether oxygens (including phenoxy) is 4. The smallest absolute Gasteiger partial charge is 0.341 e. The molecule has 12 nitrogen and oxygen atoms in total. The van der Waals surface area contributed by atoms with Crippen molar-refractivity contribution in [2.24, 2.45) is 0 Å². The number of thiophene rings is 1. The summed E-state index contributed by atoms with van der Waals surface area (Å²) >= 11 is 2.64. The van der Waals surface area contributed by atoms with Crippen LogP contribution in [0.1, 0.15) is 63.7 Å². The quantitative estimate of drug-likeness (QED) is 0.138. The van der Waals surface area contributed by atoms with Crippen LogP contribution >= 0.6 is 23.1 Å². The van der Waals surface area contributed by atoms with E-state index in [1.54, 1.807) is 49.8 Å². The van der Waals surface area contributed by atoms with Crippen LogP contribution in [0.25, 0.3) is 5.69 Å². The number of nitrogens with one attached hydrogen (secondary N) is 2. The number of hydrogen-bond acceptors (Lipinski definition) is 11. The monoisotopic (exact) mass is 679 g/mol. The molecule has 1 atom stereocenters. The van der Waals surface area contributed by atoms with Gasteiger partial charge in [-0.05, 0) is 75.4 Å². The summed E-state index contributed by atoms with van der Waals surface area (Å²) in [6.45, 7) is 3.81. The predicted molar refractivity (Wildman–Crippen MR) is 179 cm³/mol. The first kappa shape index (κ1) is 33.8. The highest BCUT2D eigenvalue weighted by atomic mass is 32.2. The number of rotatable bonds is 13. The fourth-order valence-corrected chi connectivity index (χ4v) is 7.44. The number of aromatic nitrogens is 3. The molecule has 0 saturated carbocycles. The average molecular weight is 680 g/mol. The Hall–Kier alpha value is -4.56. The highest BCUT2D eigenvalue weighted by molar-refractivity contribution is 8.00. The summed E-state index contributed by atoms with van der Waals surface area (Å²) in [5.41, 5.74) is 2.46. The van der Waals surface area contributed by atoms with Crippen molar-refractivity contribution in [3.05, 3.63) is 69.9 Å². The Kier molecular flexibility index (Phi) is 11.0. The van der Waals surface area contributed by atoms with Gasteiger partial charge in [0.05, 0.1) is 51.0 Å². The van der Waals surface area contributed by atoms with Crippen molar-refractivity contribution in [2.45, 2.75) is 56.5 Å². The number of thioether (sulfide) groups is 1. The maximum Gasteiger partial charge on any atom is 0.341 e. The first-order valence-electron chi connectivity index (χ1n) is 15.2. The molecule has 4 aromatic rings. The van der Waals surface area contributed by atoms with Crippen LogP contribution in [0.2, 0.25) is 0 Å². The van der Waals surface area contributed by atoms with Crippen molar-refractivity contribution >= 4 is 45.9 Å². The number of aryl methyl sites for hydroxylation is 1. The van der Waals surface area contributed by atoms with Gasteiger partial charge in [-0.3, -0.25) is 14.2 Å². The van der Waals surface area contributed by atoms with Crippen LogP contribution in [-0.2, 0) is 28.9 Å². The van der Waals surface area contributed by atoms with E-state index < -0.39 is 11.2 Å². The zero-order valence-corrected chi connectivity index (χ0v) is 28.5. The molecule has 2 aromatic carbocycles. The highest BCUT2D eigenvalue weighted by Crippen LogP contribution is 2.39. The zero-order valence-electron chi connectivity index (χ0n) is 26.9. The summed E-state index contributed by atoms with van der Waals surface area (Å²) in [6.07, 6.45) is 3.70. The van der Waals surface area contributed by atoms with E-state index in [4.69, 9.17) is 18.9 Å². The molecule has 2 heterocycles. The Morgan fingerprint density at radius 2 is 1.72 bits per heavy atom. The average Bonchev–Trinajstić information content (AvgIpc) is 3.66. The van der Waals surface area contributed by atoms with E-state index >= 15 is 0 Å². The molecule has 0 fully saturated rings. The number of esters is 1. The number of amides is 2. The lowest BCUT2D eigenvalue weighted by Crippen LogP contribution is -2.25. The predicted octanol–water partition coefficient (Wildman–Crippen LogP) is 5.46. The van der Waals surface area contributed by atoms with Gasteiger partial charge in [-0.25, -0.2) is 4.79 Å². The van der Waals surface area contributed by atoms with Crippen LogP contribution in [0.4, 0.5) is 5.00 Å². The number of benzene rings is 2. The van der Waals surface area contributed by atoms with Gasteiger partial charge in [-0.15, -0.1) is 21.5 Å². The summed E-state index contributed by atoms with van der Waals surface area (Å²) in [5, 5.41) is 15.0. The molecule has 2 aromatic heterocycles. The van der Waals surface area contributed by atoms with Gasteiger partial charge in [0.25, 0.3) is 5.91 Å². The van der Waals surface area contributed by atoms with E-state index in [-0.39, 0.29) is 25.0 Å². The van der Waals surface area contributed by atoms with Gasteiger partial charge in [-0.1, -0.05) is 23.9 Å². The maximum atomic E-state index is 13.6. The van der Waals surface area contributed by atoms with Crippen LogP contribution < -0.4 is 24.8 Å². The van der Waals surface area contributed by atoms with E-state index in [1.165, 1.54) is 37.3 Å². The van der Waals surface area contributed by atoms with E-state index in [1.807, 2.05) is 18.2 Å². The molecule has 2 N–H and O–H groups in total. The Morgan fingerprint density at radius 1 is 0.979 bits per heavy atom. The largest absolute Gasteiger partial charge is 0.495 e. The first-order chi connectivity index (χ1) is 22.8. The molecule has 0 aliphatic heterocycles. The fraction of sp³-hybridized carbons (Fsp3) is 0.364. The number of fused-ring (bicyclic) bond motifs is 1. The molecule has 0 bridgehead atoms. The third kappa shape index (κ3) is 7.38. The van der Waals surface area contributed by atoms with Gasteiger partial charge in [0, 0.05) is 10.4 Å². The second-order valence-corrected chi connectivity index (χ2v) is 13.0. The summed E-state index contributed by atoms with van der Waals surface area (Å²) < 4.78 is 23.3. The van der Waals surface area contributed by atoms with Crippen molar-refractivity contribution in [3.8, 4) is 22.9 Å². The topological polar surface area (TPSA) is 143 Å². The van der Waals surface area contributed by atoms with Crippen LogP contribution in [0.5, 0.6) is 17.2 Å². The lowest BCUT2D eigenvalue weighted by atomic mass is 9.95. The number of hydrogen-bond donors (Lipinski definition) is 2. The molecule has 1 unspecified atom stereocenters. The van der Waals surface area contributed by atoms with E-state index in [9.17, 15) is 14.4 Å². The number of methoxy groups -OCH3 is 3. The van der Waals surface area contributed by atoms with Crippen molar-refractivity contribution in [3.63, 3.8) is 0 Å². The standard InChI is InChI=1S/C33H37N5O7S2/c1-6-45-32(41)28-21-11-7-10-14-26(21)47-31(28)35-29(39)19(2)46-33-37-36-27(38(33)22-12-8-9-13-23(22)42-3)18-34-30(40)20-15-16-24(43-4)25(17-20)44-5/h8-9,12-13,15-17,19H,6-7,10-11,14,18H2,1-5H3,(H,34,40)(H,35,39). The summed E-state index contributed by atoms with van der Waals surface area (Å²) in [4.78, 5) is 40.7. The van der Waals surface area contributed by atoms with Gasteiger partial charge in [0.2, 0.25) is 5.91 Å². The number of anilines is 1. The molecule has 1 aliphatic rings. The first-order valence-corrected chi connectivity index (χ1v) is 16.9. The number of carbonyl (C=O) groups is 3. The third-order valence-corrected chi connectivity index (χ3v) is 9.87. The molecule has 14 heteroatoms. The summed E-state index contributed by atoms with van der Waals surface area (Å²) in [7, 11) is 4.59. The second-order valence-electron chi connectivity index (χ2n) is 10.5. The zero-order chi connectivity index (χ0) is 33.5. The van der Waals surface area contributed by atoms with Crippen molar-refractivity contribution in [2.75, 3.05) is 33.3 Å². The summed E-state index contributed by atoms with van der Waals surface area (Å²) in [6, 6.07) is 12.2. The van der Waals surface area contributed by atoms with Crippen molar-refractivity contribution in [1.29, 1.82) is 0 Å². The van der Waals surface area contributed by atoms with Gasteiger partial charge < -0.3 is 29.6 Å². The Morgan fingerprint density at radius 3 is 2.47 bits per heavy atom. The van der Waals surface area contributed by atoms with Crippen LogP contribution in [-0.4, -0.2) is 65.7 Å². The minimum Gasteiger partial charge on any atom is -0.495 e. The molecule has 0 spiro atoms. The van der Waals surface area contributed by atoms with Crippen molar-refractivity contribution in [1.82, 2.24) is 20.1 Å². The molecule has 1 aliphatic carbocycles. The minimum absolute atomic E-state index is 0.0308.